The van der Waals surface area contributed by atoms with E-state index in [4.69, 9.17) is 9.52 Å². The molecule has 21 heavy (non-hydrogen) atoms. The number of nitrogens with one attached hydrogen (secondary N) is 1. The molecule has 1 amide bonds. The van der Waals surface area contributed by atoms with Gasteiger partial charge in [0.2, 0.25) is 0 Å². The highest BCUT2D eigenvalue weighted by Crippen LogP contribution is 2.20. The lowest BCUT2D eigenvalue weighted by atomic mass is 10.0. The van der Waals surface area contributed by atoms with E-state index in [0.717, 1.165) is 5.56 Å². The maximum atomic E-state index is 12.1. The van der Waals surface area contributed by atoms with Crippen molar-refractivity contribution in [3.63, 3.8) is 0 Å². The summed E-state index contributed by atoms with van der Waals surface area (Å²) in [5.74, 6) is -1.09. The largest absolute Gasteiger partial charge is 0.481 e. The van der Waals surface area contributed by atoms with Crippen LogP contribution in [0, 0.1) is 0 Å². The minimum atomic E-state index is -0.897. The lowest BCUT2D eigenvalue weighted by molar-refractivity contribution is -0.137. The maximum absolute atomic E-state index is 12.1. The summed E-state index contributed by atoms with van der Waals surface area (Å²) in [6.07, 6.45) is 0.286. The van der Waals surface area contributed by atoms with E-state index in [1.165, 1.54) is 0 Å². The first-order valence-electron chi connectivity index (χ1n) is 6.39. The molecule has 0 fully saturated rings. The van der Waals surface area contributed by atoms with Gasteiger partial charge in [0, 0.05) is 6.42 Å². The number of aliphatic carboxylic acids is 1. The molecule has 1 aromatic heterocycles. The second-order valence-corrected chi connectivity index (χ2v) is 5.25. The van der Waals surface area contributed by atoms with Crippen molar-refractivity contribution in [3.8, 4) is 0 Å². The summed E-state index contributed by atoms with van der Waals surface area (Å²) in [7, 11) is 0. The van der Waals surface area contributed by atoms with Gasteiger partial charge >= 0.3 is 5.97 Å². The summed E-state index contributed by atoms with van der Waals surface area (Å²) < 4.78 is 5.66. The average Bonchev–Trinajstić information content (AvgIpc) is 2.90. The monoisotopic (exact) mass is 351 g/mol. The predicted octanol–water partition coefficient (Wildman–Crippen LogP) is 3.38. The number of hydrogen-bond donors (Lipinski definition) is 2. The van der Waals surface area contributed by atoms with Gasteiger partial charge in [-0.3, -0.25) is 9.59 Å². The van der Waals surface area contributed by atoms with Crippen LogP contribution in [0.2, 0.25) is 0 Å². The van der Waals surface area contributed by atoms with E-state index < -0.39 is 5.97 Å². The SMILES string of the molecule is O=C(O)CCC(NC(=O)c1ccc(Br)o1)c1ccccc1. The molecule has 5 nitrogen and oxygen atoms in total. The Morgan fingerprint density at radius 1 is 1.19 bits per heavy atom. The van der Waals surface area contributed by atoms with Gasteiger partial charge in [0.1, 0.15) is 0 Å². The molecule has 0 saturated heterocycles. The van der Waals surface area contributed by atoms with Gasteiger partial charge in [0.15, 0.2) is 10.4 Å². The van der Waals surface area contributed by atoms with Crippen LogP contribution in [-0.4, -0.2) is 17.0 Å². The van der Waals surface area contributed by atoms with Crippen LogP contribution in [-0.2, 0) is 4.79 Å². The summed E-state index contributed by atoms with van der Waals surface area (Å²) in [6.45, 7) is 0. The zero-order valence-corrected chi connectivity index (χ0v) is 12.7. The van der Waals surface area contributed by atoms with Crippen molar-refractivity contribution in [1.29, 1.82) is 0 Å². The van der Waals surface area contributed by atoms with Crippen LogP contribution in [0.25, 0.3) is 0 Å². The number of carboxylic acid groups (broad SMARTS) is 1. The molecule has 6 heteroatoms. The summed E-state index contributed by atoms with van der Waals surface area (Å²) in [4.78, 5) is 22.9. The average molecular weight is 352 g/mol. The quantitative estimate of drug-likeness (QED) is 0.835. The minimum Gasteiger partial charge on any atom is -0.481 e. The number of carbonyl (C=O) groups is 2. The third-order valence-corrected chi connectivity index (χ3v) is 3.38. The molecule has 1 heterocycles. The number of carboxylic acids is 1. The van der Waals surface area contributed by atoms with Crippen molar-refractivity contribution in [2.75, 3.05) is 0 Å². The van der Waals surface area contributed by atoms with Crippen molar-refractivity contribution in [2.45, 2.75) is 18.9 Å². The van der Waals surface area contributed by atoms with Crippen molar-refractivity contribution < 1.29 is 19.1 Å². The van der Waals surface area contributed by atoms with Crippen molar-refractivity contribution in [2.24, 2.45) is 0 Å². The van der Waals surface area contributed by atoms with E-state index >= 15 is 0 Å². The molecule has 1 aromatic carbocycles. The number of amides is 1. The van der Waals surface area contributed by atoms with Gasteiger partial charge in [0.05, 0.1) is 6.04 Å². The first-order valence-corrected chi connectivity index (χ1v) is 7.18. The van der Waals surface area contributed by atoms with Gasteiger partial charge in [-0.2, -0.15) is 0 Å². The molecular formula is C15H14BrNO4. The molecule has 1 atom stereocenters. The molecule has 0 radical (unpaired) electrons. The highest BCUT2D eigenvalue weighted by Gasteiger charge is 2.18. The molecule has 0 spiro atoms. The van der Waals surface area contributed by atoms with E-state index in [2.05, 4.69) is 21.2 Å². The van der Waals surface area contributed by atoms with E-state index in [-0.39, 0.29) is 24.1 Å². The van der Waals surface area contributed by atoms with E-state index in [1.54, 1.807) is 12.1 Å². The maximum Gasteiger partial charge on any atom is 0.303 e. The van der Waals surface area contributed by atoms with Crippen molar-refractivity contribution >= 4 is 27.8 Å². The number of halogens is 1. The van der Waals surface area contributed by atoms with Gasteiger partial charge in [0.25, 0.3) is 5.91 Å². The Kier molecular flexibility index (Phi) is 5.16. The topological polar surface area (TPSA) is 79.5 Å². The van der Waals surface area contributed by atoms with Gasteiger partial charge in [-0.05, 0) is 40.0 Å². The Morgan fingerprint density at radius 2 is 1.90 bits per heavy atom. The van der Waals surface area contributed by atoms with E-state index in [0.29, 0.717) is 11.1 Å². The van der Waals surface area contributed by atoms with E-state index in [9.17, 15) is 9.59 Å². The Morgan fingerprint density at radius 3 is 2.48 bits per heavy atom. The fourth-order valence-corrected chi connectivity index (χ4v) is 2.25. The van der Waals surface area contributed by atoms with Crippen LogP contribution >= 0.6 is 15.9 Å². The fraction of sp³-hybridized carbons (Fsp3) is 0.200. The number of carbonyl (C=O) groups excluding carboxylic acids is 1. The van der Waals surface area contributed by atoms with Crippen molar-refractivity contribution in [1.82, 2.24) is 5.32 Å². The standard InChI is InChI=1S/C15H14BrNO4/c16-13-8-7-12(21-13)15(20)17-11(6-9-14(18)19)10-4-2-1-3-5-10/h1-5,7-8,11H,6,9H2,(H,17,20)(H,18,19). The minimum absolute atomic E-state index is 0.0261. The number of furan rings is 1. The smallest absolute Gasteiger partial charge is 0.303 e. The molecule has 2 rings (SSSR count). The predicted molar refractivity (Wildman–Crippen MR) is 79.9 cm³/mol. The molecule has 0 aliphatic rings. The lowest BCUT2D eigenvalue weighted by Crippen LogP contribution is -2.28. The summed E-state index contributed by atoms with van der Waals surface area (Å²) in [5, 5.41) is 11.6. The number of hydrogen-bond acceptors (Lipinski definition) is 3. The Balaban J connectivity index is 2.12. The van der Waals surface area contributed by atoms with Crippen LogP contribution in [0.5, 0.6) is 0 Å². The van der Waals surface area contributed by atoms with Crippen LogP contribution in [0.1, 0.15) is 35.0 Å². The second kappa shape index (κ2) is 7.08. The summed E-state index contributed by atoms with van der Waals surface area (Å²) in [5.41, 5.74) is 0.859. The zero-order valence-electron chi connectivity index (χ0n) is 11.1. The first kappa shape index (κ1) is 15.3. The molecule has 110 valence electrons. The Labute approximate surface area is 130 Å². The van der Waals surface area contributed by atoms with Crippen LogP contribution in [0.3, 0.4) is 0 Å². The van der Waals surface area contributed by atoms with Gasteiger partial charge in [-0.1, -0.05) is 30.3 Å². The zero-order chi connectivity index (χ0) is 15.2. The summed E-state index contributed by atoms with van der Waals surface area (Å²) in [6, 6.07) is 12.1. The highest BCUT2D eigenvalue weighted by molar-refractivity contribution is 9.10. The number of benzene rings is 1. The first-order chi connectivity index (χ1) is 10.1. The molecule has 1 unspecified atom stereocenters. The van der Waals surface area contributed by atoms with E-state index in [1.807, 2.05) is 30.3 Å². The van der Waals surface area contributed by atoms with Crippen LogP contribution in [0.15, 0.2) is 51.6 Å². The normalized spacial score (nSPS) is 11.9. The molecule has 0 saturated carbocycles. The molecule has 2 N–H and O–H groups in total. The third kappa shape index (κ3) is 4.46. The third-order valence-electron chi connectivity index (χ3n) is 2.95. The highest BCUT2D eigenvalue weighted by atomic mass is 79.9. The molecule has 2 aromatic rings. The molecule has 0 bridgehead atoms. The fourth-order valence-electron chi connectivity index (χ4n) is 1.94. The number of rotatable bonds is 6. The van der Waals surface area contributed by atoms with Gasteiger partial charge < -0.3 is 14.8 Å². The van der Waals surface area contributed by atoms with Gasteiger partial charge in [-0.15, -0.1) is 0 Å². The lowest BCUT2D eigenvalue weighted by Gasteiger charge is -2.17. The molecule has 0 aliphatic carbocycles. The Hall–Kier alpha value is -2.08. The van der Waals surface area contributed by atoms with Crippen molar-refractivity contribution in [3.05, 3.63) is 58.5 Å². The van der Waals surface area contributed by atoms with Crippen LogP contribution < -0.4 is 5.32 Å². The molecular weight excluding hydrogens is 338 g/mol. The second-order valence-electron chi connectivity index (χ2n) is 4.47. The van der Waals surface area contributed by atoms with Crippen LogP contribution in [0.4, 0.5) is 0 Å². The molecule has 0 aliphatic heterocycles. The van der Waals surface area contributed by atoms with Gasteiger partial charge in [-0.25, -0.2) is 0 Å². The summed E-state index contributed by atoms with van der Waals surface area (Å²) >= 11 is 3.14. The Bertz CT molecular complexity index is 624.